The van der Waals surface area contributed by atoms with Gasteiger partial charge in [0.2, 0.25) is 0 Å². The molecule has 4 nitrogen and oxygen atoms in total. The predicted octanol–water partition coefficient (Wildman–Crippen LogP) is 3.02. The number of nitrogens with one attached hydrogen (secondary N) is 1. The standard InChI is InChI=1S/C11H8BrFN2O2/c12-10-7(3-4-17-10)11(16)15-9-5-6(13)1-2-8(9)14/h1-5H,14H2,(H,15,16). The molecule has 2 rings (SSSR count). The summed E-state index contributed by atoms with van der Waals surface area (Å²) in [5, 5.41) is 2.50. The third kappa shape index (κ3) is 2.47. The zero-order valence-corrected chi connectivity index (χ0v) is 10.1. The Balaban J connectivity index is 2.24. The van der Waals surface area contributed by atoms with Crippen molar-refractivity contribution >= 4 is 33.2 Å². The number of hydrogen-bond donors (Lipinski definition) is 2. The van der Waals surface area contributed by atoms with E-state index in [0.717, 1.165) is 6.07 Å². The van der Waals surface area contributed by atoms with Gasteiger partial charge in [-0.25, -0.2) is 4.39 Å². The summed E-state index contributed by atoms with van der Waals surface area (Å²) in [7, 11) is 0. The van der Waals surface area contributed by atoms with Gasteiger partial charge in [-0.15, -0.1) is 0 Å². The van der Waals surface area contributed by atoms with E-state index in [4.69, 9.17) is 10.2 Å². The van der Waals surface area contributed by atoms with Gasteiger partial charge in [-0.3, -0.25) is 4.79 Å². The fourth-order valence-corrected chi connectivity index (χ4v) is 1.70. The Morgan fingerprint density at radius 2 is 2.18 bits per heavy atom. The Morgan fingerprint density at radius 1 is 1.41 bits per heavy atom. The van der Waals surface area contributed by atoms with Gasteiger partial charge >= 0.3 is 0 Å². The molecule has 1 amide bonds. The van der Waals surface area contributed by atoms with Crippen molar-refractivity contribution in [2.24, 2.45) is 0 Å². The number of anilines is 2. The minimum Gasteiger partial charge on any atom is -0.457 e. The topological polar surface area (TPSA) is 68.3 Å². The van der Waals surface area contributed by atoms with Crippen LogP contribution in [0.2, 0.25) is 0 Å². The highest BCUT2D eigenvalue weighted by Gasteiger charge is 2.14. The lowest BCUT2D eigenvalue weighted by atomic mass is 10.2. The van der Waals surface area contributed by atoms with Crippen LogP contribution < -0.4 is 11.1 Å². The second kappa shape index (κ2) is 4.58. The molecule has 0 saturated heterocycles. The fourth-order valence-electron chi connectivity index (χ4n) is 1.28. The highest BCUT2D eigenvalue weighted by molar-refractivity contribution is 9.10. The normalized spacial score (nSPS) is 10.2. The van der Waals surface area contributed by atoms with Gasteiger partial charge in [-0.2, -0.15) is 0 Å². The maximum atomic E-state index is 13.0. The number of amides is 1. The quantitative estimate of drug-likeness (QED) is 0.838. The molecule has 88 valence electrons. The lowest BCUT2D eigenvalue weighted by Gasteiger charge is -2.07. The molecule has 0 atom stereocenters. The smallest absolute Gasteiger partial charge is 0.260 e. The Kier molecular flexibility index (Phi) is 3.14. The molecule has 0 bridgehead atoms. The zero-order valence-electron chi connectivity index (χ0n) is 8.54. The Bertz CT molecular complexity index is 568. The van der Waals surface area contributed by atoms with Gasteiger partial charge in [0, 0.05) is 0 Å². The lowest BCUT2D eigenvalue weighted by Crippen LogP contribution is -2.13. The van der Waals surface area contributed by atoms with Crippen LogP contribution in [0.4, 0.5) is 15.8 Å². The third-order valence-electron chi connectivity index (χ3n) is 2.13. The monoisotopic (exact) mass is 298 g/mol. The van der Waals surface area contributed by atoms with Crippen LogP contribution in [-0.2, 0) is 0 Å². The van der Waals surface area contributed by atoms with Crippen LogP contribution in [-0.4, -0.2) is 5.91 Å². The SMILES string of the molecule is Nc1ccc(F)cc1NC(=O)c1ccoc1Br. The van der Waals surface area contributed by atoms with Crippen molar-refractivity contribution in [3.05, 3.63) is 46.6 Å². The minimum absolute atomic E-state index is 0.225. The van der Waals surface area contributed by atoms with Crippen molar-refractivity contribution < 1.29 is 13.6 Å². The van der Waals surface area contributed by atoms with Gasteiger partial charge in [-0.1, -0.05) is 0 Å². The number of nitrogen functional groups attached to an aromatic ring is 1. The number of carbonyl (C=O) groups is 1. The molecule has 0 saturated carbocycles. The highest BCUT2D eigenvalue weighted by atomic mass is 79.9. The number of furan rings is 1. The summed E-state index contributed by atoms with van der Waals surface area (Å²) in [5.74, 6) is -0.899. The summed E-state index contributed by atoms with van der Waals surface area (Å²) in [5.41, 5.74) is 6.44. The van der Waals surface area contributed by atoms with Crippen molar-refractivity contribution in [1.82, 2.24) is 0 Å². The van der Waals surface area contributed by atoms with Gasteiger partial charge in [-0.05, 0) is 40.2 Å². The molecule has 0 unspecified atom stereocenters. The summed E-state index contributed by atoms with van der Waals surface area (Å²) in [6.07, 6.45) is 1.37. The van der Waals surface area contributed by atoms with Crippen LogP contribution in [0.3, 0.4) is 0 Å². The molecule has 1 aromatic heterocycles. The fraction of sp³-hybridized carbons (Fsp3) is 0. The summed E-state index contributed by atoms with van der Waals surface area (Å²) < 4.78 is 18.2. The average Bonchev–Trinajstić information content (AvgIpc) is 2.70. The van der Waals surface area contributed by atoms with E-state index in [1.807, 2.05) is 0 Å². The molecule has 0 radical (unpaired) electrons. The van der Waals surface area contributed by atoms with Crippen LogP contribution in [0.15, 0.2) is 39.6 Å². The van der Waals surface area contributed by atoms with E-state index >= 15 is 0 Å². The van der Waals surface area contributed by atoms with Crippen LogP contribution in [0, 0.1) is 5.82 Å². The van der Waals surface area contributed by atoms with E-state index in [2.05, 4.69) is 21.2 Å². The van der Waals surface area contributed by atoms with Crippen molar-refractivity contribution in [1.29, 1.82) is 0 Å². The molecular formula is C11H8BrFN2O2. The second-order valence-corrected chi connectivity index (χ2v) is 4.01. The third-order valence-corrected chi connectivity index (χ3v) is 2.74. The van der Waals surface area contributed by atoms with Crippen molar-refractivity contribution in [2.75, 3.05) is 11.1 Å². The summed E-state index contributed by atoms with van der Waals surface area (Å²) in [6, 6.07) is 5.25. The molecule has 1 heterocycles. The molecule has 0 fully saturated rings. The first-order valence-electron chi connectivity index (χ1n) is 4.67. The number of hydrogen-bond acceptors (Lipinski definition) is 3. The van der Waals surface area contributed by atoms with E-state index in [0.29, 0.717) is 15.9 Å². The largest absolute Gasteiger partial charge is 0.457 e. The lowest BCUT2D eigenvalue weighted by molar-refractivity contribution is 0.102. The van der Waals surface area contributed by atoms with E-state index in [1.165, 1.54) is 24.5 Å². The van der Waals surface area contributed by atoms with Gasteiger partial charge in [0.25, 0.3) is 5.91 Å². The number of nitrogens with two attached hydrogens (primary N) is 1. The maximum Gasteiger partial charge on any atom is 0.260 e. The first kappa shape index (κ1) is 11.7. The van der Waals surface area contributed by atoms with Crippen LogP contribution in [0.5, 0.6) is 0 Å². The van der Waals surface area contributed by atoms with Crippen molar-refractivity contribution in [3.8, 4) is 0 Å². The average molecular weight is 299 g/mol. The molecule has 3 N–H and O–H groups in total. The summed E-state index contributed by atoms with van der Waals surface area (Å²) in [4.78, 5) is 11.8. The van der Waals surface area contributed by atoms with Gasteiger partial charge in [0.1, 0.15) is 5.82 Å². The molecule has 1 aromatic carbocycles. The van der Waals surface area contributed by atoms with E-state index in [-0.39, 0.29) is 5.69 Å². The maximum absolute atomic E-state index is 13.0. The molecular weight excluding hydrogens is 291 g/mol. The first-order valence-corrected chi connectivity index (χ1v) is 5.46. The van der Waals surface area contributed by atoms with Crippen LogP contribution in [0.1, 0.15) is 10.4 Å². The van der Waals surface area contributed by atoms with Gasteiger partial charge < -0.3 is 15.5 Å². The van der Waals surface area contributed by atoms with E-state index < -0.39 is 11.7 Å². The molecule has 0 aliphatic heterocycles. The molecule has 6 heteroatoms. The first-order chi connectivity index (χ1) is 8.08. The Hall–Kier alpha value is -1.82. The van der Waals surface area contributed by atoms with E-state index in [9.17, 15) is 9.18 Å². The summed E-state index contributed by atoms with van der Waals surface area (Å²) >= 11 is 3.08. The number of rotatable bonds is 2. The van der Waals surface area contributed by atoms with Gasteiger partial charge in [0.05, 0.1) is 23.2 Å². The molecule has 0 spiro atoms. The zero-order chi connectivity index (χ0) is 12.4. The highest BCUT2D eigenvalue weighted by Crippen LogP contribution is 2.23. The van der Waals surface area contributed by atoms with Crippen LogP contribution >= 0.6 is 15.9 Å². The van der Waals surface area contributed by atoms with Crippen LogP contribution in [0.25, 0.3) is 0 Å². The van der Waals surface area contributed by atoms with Gasteiger partial charge in [0.15, 0.2) is 4.67 Å². The molecule has 17 heavy (non-hydrogen) atoms. The second-order valence-electron chi connectivity index (χ2n) is 3.29. The Labute approximate surface area is 105 Å². The van der Waals surface area contributed by atoms with Crippen molar-refractivity contribution in [2.45, 2.75) is 0 Å². The minimum atomic E-state index is -0.472. The van der Waals surface area contributed by atoms with E-state index in [1.54, 1.807) is 0 Å². The predicted molar refractivity (Wildman–Crippen MR) is 65.2 cm³/mol. The number of halogens is 2. The Morgan fingerprint density at radius 3 is 2.82 bits per heavy atom. The van der Waals surface area contributed by atoms with Crippen molar-refractivity contribution in [3.63, 3.8) is 0 Å². The molecule has 2 aromatic rings. The molecule has 0 aliphatic carbocycles. The summed E-state index contributed by atoms with van der Waals surface area (Å²) in [6.45, 7) is 0. The number of benzene rings is 1. The number of carbonyl (C=O) groups excluding carboxylic acids is 1. The molecule has 0 aliphatic rings.